The van der Waals surface area contributed by atoms with Crippen molar-refractivity contribution in [3.8, 4) is 5.75 Å². The topological polar surface area (TPSA) is 41.5 Å². The highest BCUT2D eigenvalue weighted by Gasteiger charge is 2.16. The van der Waals surface area contributed by atoms with Gasteiger partial charge in [-0.05, 0) is 30.5 Å². The molecule has 1 aromatic rings. The fourth-order valence-electron chi connectivity index (χ4n) is 2.23. The summed E-state index contributed by atoms with van der Waals surface area (Å²) in [5.74, 6) is 1.02. The van der Waals surface area contributed by atoms with Crippen molar-refractivity contribution in [2.24, 2.45) is 0 Å². The van der Waals surface area contributed by atoms with E-state index in [0.717, 1.165) is 25.2 Å². The predicted molar refractivity (Wildman–Crippen MR) is 68.4 cm³/mol. The number of hydrogen-bond donors (Lipinski definition) is 2. The zero-order valence-electron chi connectivity index (χ0n) is 10.6. The molecule has 2 N–H and O–H groups in total. The Morgan fingerprint density at radius 1 is 1.47 bits per heavy atom. The molecular weight excluding hydrogens is 214 g/mol. The molecule has 17 heavy (non-hydrogen) atoms. The van der Waals surface area contributed by atoms with E-state index in [1.165, 1.54) is 11.1 Å². The van der Waals surface area contributed by atoms with Gasteiger partial charge in [0.05, 0.1) is 13.2 Å². The van der Waals surface area contributed by atoms with Crippen LogP contribution in [0.15, 0.2) is 18.2 Å². The Balaban J connectivity index is 2.06. The van der Waals surface area contributed by atoms with Gasteiger partial charge in [0.15, 0.2) is 0 Å². The number of fused-ring (bicyclic) bond motifs is 1. The SMILES string of the molecule is CC[C@H](CO)NC(C)c1ccc2c(c1)CCO2. The summed E-state index contributed by atoms with van der Waals surface area (Å²) in [4.78, 5) is 0. The van der Waals surface area contributed by atoms with Crippen LogP contribution in [0, 0.1) is 0 Å². The van der Waals surface area contributed by atoms with Crippen LogP contribution in [0.1, 0.15) is 37.4 Å². The number of ether oxygens (including phenoxy) is 1. The summed E-state index contributed by atoms with van der Waals surface area (Å²) in [6.07, 6.45) is 1.95. The third-order valence-corrected chi connectivity index (χ3v) is 3.41. The van der Waals surface area contributed by atoms with Gasteiger partial charge in [0, 0.05) is 18.5 Å². The first-order valence-corrected chi connectivity index (χ1v) is 6.37. The number of aliphatic hydroxyl groups is 1. The van der Waals surface area contributed by atoms with Gasteiger partial charge in [-0.3, -0.25) is 0 Å². The lowest BCUT2D eigenvalue weighted by Crippen LogP contribution is -2.33. The Hall–Kier alpha value is -1.06. The van der Waals surface area contributed by atoms with Gasteiger partial charge < -0.3 is 15.2 Å². The fraction of sp³-hybridized carbons (Fsp3) is 0.571. The molecule has 1 aromatic carbocycles. The predicted octanol–water partition coefficient (Wildman–Crippen LogP) is 2.04. The van der Waals surface area contributed by atoms with Gasteiger partial charge in [0.2, 0.25) is 0 Å². The summed E-state index contributed by atoms with van der Waals surface area (Å²) in [5.41, 5.74) is 2.56. The number of aliphatic hydroxyl groups excluding tert-OH is 1. The maximum absolute atomic E-state index is 9.19. The molecule has 0 saturated heterocycles. The maximum Gasteiger partial charge on any atom is 0.122 e. The Bertz CT molecular complexity index is 374. The van der Waals surface area contributed by atoms with Gasteiger partial charge in [0.1, 0.15) is 5.75 Å². The molecule has 1 aliphatic rings. The summed E-state index contributed by atoms with van der Waals surface area (Å²) < 4.78 is 5.50. The van der Waals surface area contributed by atoms with Crippen LogP contribution in [-0.4, -0.2) is 24.4 Å². The second-order valence-corrected chi connectivity index (χ2v) is 4.64. The summed E-state index contributed by atoms with van der Waals surface area (Å²) in [7, 11) is 0. The molecule has 2 rings (SSSR count). The molecule has 3 heteroatoms. The van der Waals surface area contributed by atoms with Crippen LogP contribution in [0.4, 0.5) is 0 Å². The molecule has 2 atom stereocenters. The van der Waals surface area contributed by atoms with E-state index in [9.17, 15) is 5.11 Å². The minimum absolute atomic E-state index is 0.175. The van der Waals surface area contributed by atoms with Crippen molar-refractivity contribution < 1.29 is 9.84 Å². The molecule has 0 amide bonds. The van der Waals surface area contributed by atoms with Crippen molar-refractivity contribution in [3.63, 3.8) is 0 Å². The van der Waals surface area contributed by atoms with Crippen molar-refractivity contribution >= 4 is 0 Å². The van der Waals surface area contributed by atoms with Gasteiger partial charge in [-0.15, -0.1) is 0 Å². The third-order valence-electron chi connectivity index (χ3n) is 3.41. The van der Waals surface area contributed by atoms with E-state index in [1.54, 1.807) is 0 Å². The van der Waals surface area contributed by atoms with Crippen LogP contribution in [0.2, 0.25) is 0 Å². The minimum atomic E-state index is 0.175. The third kappa shape index (κ3) is 2.79. The fourth-order valence-corrected chi connectivity index (χ4v) is 2.23. The van der Waals surface area contributed by atoms with Crippen molar-refractivity contribution in [2.75, 3.05) is 13.2 Å². The van der Waals surface area contributed by atoms with E-state index in [0.29, 0.717) is 0 Å². The van der Waals surface area contributed by atoms with Crippen molar-refractivity contribution in [3.05, 3.63) is 29.3 Å². The molecule has 0 saturated carbocycles. The first-order valence-electron chi connectivity index (χ1n) is 6.37. The zero-order valence-corrected chi connectivity index (χ0v) is 10.6. The lowest BCUT2D eigenvalue weighted by Gasteiger charge is -2.21. The van der Waals surface area contributed by atoms with Crippen molar-refractivity contribution in [1.82, 2.24) is 5.32 Å². The minimum Gasteiger partial charge on any atom is -0.493 e. The molecule has 1 aliphatic heterocycles. The monoisotopic (exact) mass is 235 g/mol. The van der Waals surface area contributed by atoms with E-state index >= 15 is 0 Å². The molecule has 1 unspecified atom stereocenters. The standard InChI is InChI=1S/C14H21NO2/c1-3-13(9-16)15-10(2)11-4-5-14-12(8-11)6-7-17-14/h4-5,8,10,13,15-16H,3,6-7,9H2,1-2H3/t10?,13-/m1/s1. The molecule has 94 valence electrons. The Morgan fingerprint density at radius 3 is 3.00 bits per heavy atom. The summed E-state index contributed by atoms with van der Waals surface area (Å²) in [6, 6.07) is 6.80. The number of hydrogen-bond acceptors (Lipinski definition) is 3. The number of nitrogens with one attached hydrogen (secondary N) is 1. The van der Waals surface area contributed by atoms with Gasteiger partial charge >= 0.3 is 0 Å². The lowest BCUT2D eigenvalue weighted by molar-refractivity contribution is 0.230. The van der Waals surface area contributed by atoms with E-state index in [4.69, 9.17) is 4.74 Å². The van der Waals surface area contributed by atoms with Gasteiger partial charge in [-0.1, -0.05) is 19.1 Å². The number of rotatable bonds is 5. The van der Waals surface area contributed by atoms with Crippen LogP contribution >= 0.6 is 0 Å². The van der Waals surface area contributed by atoms with Crippen LogP contribution in [0.25, 0.3) is 0 Å². The molecular formula is C14H21NO2. The second-order valence-electron chi connectivity index (χ2n) is 4.64. The van der Waals surface area contributed by atoms with E-state index in [2.05, 4.69) is 37.4 Å². The average molecular weight is 235 g/mol. The van der Waals surface area contributed by atoms with E-state index in [1.807, 2.05) is 0 Å². The van der Waals surface area contributed by atoms with Gasteiger partial charge in [0.25, 0.3) is 0 Å². The summed E-state index contributed by atoms with van der Waals surface area (Å²) in [6.45, 7) is 5.21. The maximum atomic E-state index is 9.19. The Morgan fingerprint density at radius 2 is 2.29 bits per heavy atom. The zero-order chi connectivity index (χ0) is 12.3. The summed E-state index contributed by atoms with van der Waals surface area (Å²) >= 11 is 0. The highest BCUT2D eigenvalue weighted by Crippen LogP contribution is 2.28. The van der Waals surface area contributed by atoms with Crippen LogP contribution in [0.5, 0.6) is 5.75 Å². The first-order chi connectivity index (χ1) is 8.24. The first kappa shape index (κ1) is 12.4. The molecule has 0 bridgehead atoms. The average Bonchev–Trinajstić information content (AvgIpc) is 2.82. The largest absolute Gasteiger partial charge is 0.493 e. The molecule has 0 fully saturated rings. The summed E-state index contributed by atoms with van der Waals surface area (Å²) in [5, 5.41) is 12.6. The lowest BCUT2D eigenvalue weighted by atomic mass is 10.0. The van der Waals surface area contributed by atoms with E-state index in [-0.39, 0.29) is 18.7 Å². The highest BCUT2D eigenvalue weighted by atomic mass is 16.5. The Kier molecular flexibility index (Phi) is 4.02. The molecule has 0 aromatic heterocycles. The quantitative estimate of drug-likeness (QED) is 0.820. The molecule has 0 radical (unpaired) electrons. The van der Waals surface area contributed by atoms with Crippen molar-refractivity contribution in [1.29, 1.82) is 0 Å². The molecule has 0 spiro atoms. The molecule has 0 aliphatic carbocycles. The highest BCUT2D eigenvalue weighted by molar-refractivity contribution is 5.40. The molecule has 3 nitrogen and oxygen atoms in total. The van der Waals surface area contributed by atoms with E-state index < -0.39 is 0 Å². The number of benzene rings is 1. The smallest absolute Gasteiger partial charge is 0.122 e. The van der Waals surface area contributed by atoms with Gasteiger partial charge in [-0.2, -0.15) is 0 Å². The van der Waals surface area contributed by atoms with Gasteiger partial charge in [-0.25, -0.2) is 0 Å². The second kappa shape index (κ2) is 5.52. The normalized spacial score (nSPS) is 17.4. The van der Waals surface area contributed by atoms with Crippen LogP contribution < -0.4 is 10.1 Å². The van der Waals surface area contributed by atoms with Crippen molar-refractivity contribution in [2.45, 2.75) is 38.8 Å². The molecule has 1 heterocycles. The van der Waals surface area contributed by atoms with Crippen LogP contribution in [0.3, 0.4) is 0 Å². The van der Waals surface area contributed by atoms with Crippen LogP contribution in [-0.2, 0) is 6.42 Å². The Labute approximate surface area is 103 Å².